The quantitative estimate of drug-likeness (QED) is 0.657. The molecule has 3 aromatic rings. The Balaban J connectivity index is 2.02. The summed E-state index contributed by atoms with van der Waals surface area (Å²) in [6.45, 7) is 4.23. The summed E-state index contributed by atoms with van der Waals surface area (Å²) in [5, 5.41) is 0.632. The maximum atomic E-state index is 12.5. The Morgan fingerprint density at radius 1 is 1.15 bits per heavy atom. The van der Waals surface area contributed by atoms with Gasteiger partial charge in [0.15, 0.2) is 14.6 Å². The zero-order valence-corrected chi connectivity index (χ0v) is 16.7. The Morgan fingerprint density at radius 2 is 1.85 bits per heavy atom. The van der Waals surface area contributed by atoms with Crippen LogP contribution in [0.5, 0.6) is 0 Å². The molecule has 0 saturated heterocycles. The zero-order valence-electron chi connectivity index (χ0n) is 14.3. The summed E-state index contributed by atoms with van der Waals surface area (Å²) in [4.78, 5) is 17.5. The second-order valence-electron chi connectivity index (χ2n) is 5.59. The first-order valence-corrected chi connectivity index (χ1v) is 10.9. The second kappa shape index (κ2) is 7.34. The predicted octanol–water partition coefficient (Wildman–Crippen LogP) is 3.91. The van der Waals surface area contributed by atoms with Crippen molar-refractivity contribution >= 4 is 48.9 Å². The molecule has 0 spiro atoms. The minimum absolute atomic E-state index is 0.0194. The monoisotopic (exact) mass is 408 g/mol. The molecule has 1 aromatic heterocycles. The van der Waals surface area contributed by atoms with Gasteiger partial charge < -0.3 is 4.57 Å². The summed E-state index contributed by atoms with van der Waals surface area (Å²) < 4.78 is 26.6. The van der Waals surface area contributed by atoms with E-state index < -0.39 is 15.7 Å². The number of carbonyl (C=O) groups excluding carboxylic acids is 1. The molecule has 0 aliphatic carbocycles. The molecule has 0 unspecified atom stereocenters. The van der Waals surface area contributed by atoms with Crippen LogP contribution in [0.1, 0.15) is 24.2 Å². The lowest BCUT2D eigenvalue weighted by Gasteiger charge is -2.02. The average molecular weight is 409 g/mol. The lowest BCUT2D eigenvalue weighted by atomic mass is 10.2. The van der Waals surface area contributed by atoms with Gasteiger partial charge in [-0.05, 0) is 49.4 Å². The Hall–Kier alpha value is -1.96. The molecule has 0 aliphatic rings. The van der Waals surface area contributed by atoms with E-state index in [0.29, 0.717) is 21.9 Å². The summed E-state index contributed by atoms with van der Waals surface area (Å²) in [5.74, 6) is -0.392. The fourth-order valence-corrected chi connectivity index (χ4v) is 4.81. The van der Waals surface area contributed by atoms with E-state index in [1.807, 2.05) is 23.6 Å². The second-order valence-corrected chi connectivity index (χ2v) is 9.31. The van der Waals surface area contributed by atoms with Gasteiger partial charge in [0.1, 0.15) is 0 Å². The van der Waals surface area contributed by atoms with Crippen molar-refractivity contribution in [3.05, 3.63) is 57.9 Å². The third-order valence-corrected chi connectivity index (χ3v) is 7.03. The number of rotatable bonds is 4. The van der Waals surface area contributed by atoms with Crippen molar-refractivity contribution in [1.82, 2.24) is 4.57 Å². The van der Waals surface area contributed by atoms with Crippen LogP contribution in [0.4, 0.5) is 0 Å². The highest BCUT2D eigenvalue weighted by atomic mass is 35.5. The number of hydrogen-bond donors (Lipinski definition) is 0. The Morgan fingerprint density at radius 3 is 2.46 bits per heavy atom. The Labute approximate surface area is 160 Å². The lowest BCUT2D eigenvalue weighted by Crippen LogP contribution is -2.16. The van der Waals surface area contributed by atoms with Crippen LogP contribution in [-0.4, -0.2) is 24.6 Å². The van der Waals surface area contributed by atoms with Gasteiger partial charge in [-0.1, -0.05) is 29.9 Å². The van der Waals surface area contributed by atoms with E-state index in [4.69, 9.17) is 11.6 Å². The van der Waals surface area contributed by atoms with Gasteiger partial charge in [-0.2, -0.15) is 4.99 Å². The summed E-state index contributed by atoms with van der Waals surface area (Å²) in [6.07, 6.45) is 0. The van der Waals surface area contributed by atoms with Crippen LogP contribution < -0.4 is 4.80 Å². The largest absolute Gasteiger partial charge is 0.317 e. The van der Waals surface area contributed by atoms with Crippen molar-refractivity contribution < 1.29 is 13.2 Å². The van der Waals surface area contributed by atoms with Crippen LogP contribution in [-0.2, 0) is 16.4 Å². The number of aryl methyl sites for hydroxylation is 1. The lowest BCUT2D eigenvalue weighted by molar-refractivity contribution is 0.0997. The maximum Gasteiger partial charge on any atom is 0.279 e. The highest BCUT2D eigenvalue weighted by molar-refractivity contribution is 7.91. The van der Waals surface area contributed by atoms with Crippen LogP contribution >= 0.6 is 22.9 Å². The minimum atomic E-state index is -3.29. The standard InChI is InChI=1S/C18H17ClN2O3S2/c1-3-21-15-10-7-13(19)11-16(15)25-18(21)20-17(22)12-5-8-14(9-6-12)26(23,24)4-2/h5-11H,3-4H2,1-2H3. The Bertz CT molecular complexity index is 1140. The molecule has 0 fully saturated rings. The topological polar surface area (TPSA) is 68.5 Å². The van der Waals surface area contributed by atoms with Gasteiger partial charge in [0, 0.05) is 17.1 Å². The van der Waals surface area contributed by atoms with Crippen molar-refractivity contribution in [2.45, 2.75) is 25.3 Å². The molecule has 2 aromatic carbocycles. The SMILES string of the molecule is CCn1c(=NC(=O)c2ccc(S(=O)(=O)CC)cc2)sc2cc(Cl)ccc21. The van der Waals surface area contributed by atoms with E-state index in [0.717, 1.165) is 10.2 Å². The number of aromatic nitrogens is 1. The van der Waals surface area contributed by atoms with Gasteiger partial charge in [-0.15, -0.1) is 0 Å². The fraction of sp³-hybridized carbons (Fsp3) is 0.222. The van der Waals surface area contributed by atoms with E-state index in [2.05, 4.69) is 4.99 Å². The van der Waals surface area contributed by atoms with Crippen LogP contribution in [0, 0.1) is 0 Å². The van der Waals surface area contributed by atoms with Gasteiger partial charge in [0.05, 0.1) is 20.9 Å². The van der Waals surface area contributed by atoms with E-state index in [1.54, 1.807) is 13.0 Å². The van der Waals surface area contributed by atoms with Crippen molar-refractivity contribution in [3.63, 3.8) is 0 Å². The molecule has 136 valence electrons. The molecule has 0 atom stereocenters. The summed E-state index contributed by atoms with van der Waals surface area (Å²) in [6, 6.07) is 11.4. The fourth-order valence-electron chi connectivity index (χ4n) is 2.56. The first kappa shape index (κ1) is 18.8. The number of halogens is 1. The average Bonchev–Trinajstić information content (AvgIpc) is 2.97. The predicted molar refractivity (Wildman–Crippen MR) is 105 cm³/mol. The number of amides is 1. The van der Waals surface area contributed by atoms with Crippen molar-refractivity contribution in [2.75, 3.05) is 5.75 Å². The number of hydrogen-bond acceptors (Lipinski definition) is 4. The van der Waals surface area contributed by atoms with Gasteiger partial charge in [-0.25, -0.2) is 8.42 Å². The van der Waals surface area contributed by atoms with Crippen LogP contribution in [0.2, 0.25) is 5.02 Å². The van der Waals surface area contributed by atoms with E-state index in [-0.39, 0.29) is 10.6 Å². The summed E-state index contributed by atoms with van der Waals surface area (Å²) >= 11 is 7.43. The van der Waals surface area contributed by atoms with Gasteiger partial charge in [0.2, 0.25) is 0 Å². The molecule has 8 heteroatoms. The number of nitrogens with zero attached hydrogens (tertiary/aromatic N) is 2. The van der Waals surface area contributed by atoms with E-state index >= 15 is 0 Å². The maximum absolute atomic E-state index is 12.5. The van der Waals surface area contributed by atoms with Crippen molar-refractivity contribution in [2.24, 2.45) is 4.99 Å². The molecule has 26 heavy (non-hydrogen) atoms. The molecule has 0 N–H and O–H groups in total. The highest BCUT2D eigenvalue weighted by Crippen LogP contribution is 2.22. The number of benzene rings is 2. The van der Waals surface area contributed by atoms with Gasteiger partial charge >= 0.3 is 0 Å². The number of carbonyl (C=O) groups is 1. The molecule has 1 amide bonds. The highest BCUT2D eigenvalue weighted by Gasteiger charge is 2.13. The van der Waals surface area contributed by atoms with E-state index in [9.17, 15) is 13.2 Å². The third-order valence-electron chi connectivity index (χ3n) is 4.00. The number of sulfone groups is 1. The van der Waals surface area contributed by atoms with E-state index in [1.165, 1.54) is 35.6 Å². The molecule has 0 saturated carbocycles. The first-order chi connectivity index (χ1) is 12.4. The molecule has 5 nitrogen and oxygen atoms in total. The normalized spacial score (nSPS) is 12.7. The third kappa shape index (κ3) is 3.60. The van der Waals surface area contributed by atoms with Crippen molar-refractivity contribution in [1.29, 1.82) is 0 Å². The first-order valence-electron chi connectivity index (χ1n) is 8.06. The molecule has 0 bridgehead atoms. The molecule has 0 radical (unpaired) electrons. The molecule has 1 heterocycles. The van der Waals surface area contributed by atoms with Gasteiger partial charge in [-0.3, -0.25) is 4.79 Å². The summed E-state index contributed by atoms with van der Waals surface area (Å²) in [5.41, 5.74) is 1.32. The van der Waals surface area contributed by atoms with Crippen LogP contribution in [0.15, 0.2) is 52.4 Å². The van der Waals surface area contributed by atoms with Crippen LogP contribution in [0.3, 0.4) is 0 Å². The van der Waals surface area contributed by atoms with Crippen LogP contribution in [0.25, 0.3) is 10.2 Å². The zero-order chi connectivity index (χ0) is 18.9. The summed E-state index contributed by atoms with van der Waals surface area (Å²) in [7, 11) is -3.29. The molecular weight excluding hydrogens is 392 g/mol. The molecule has 3 rings (SSSR count). The smallest absolute Gasteiger partial charge is 0.279 e. The molecular formula is C18H17ClN2O3S2. The Kier molecular flexibility index (Phi) is 5.32. The van der Waals surface area contributed by atoms with Crippen molar-refractivity contribution in [3.8, 4) is 0 Å². The number of thiazole rings is 1. The number of fused-ring (bicyclic) bond motifs is 1. The minimum Gasteiger partial charge on any atom is -0.317 e. The molecule has 0 aliphatic heterocycles. The van der Waals surface area contributed by atoms with Gasteiger partial charge in [0.25, 0.3) is 5.91 Å².